The summed E-state index contributed by atoms with van der Waals surface area (Å²) >= 11 is 0. The quantitative estimate of drug-likeness (QED) is 0.649. The lowest BCUT2D eigenvalue weighted by Crippen LogP contribution is -2.55. The van der Waals surface area contributed by atoms with Gasteiger partial charge in [-0.3, -0.25) is 9.69 Å². The first kappa shape index (κ1) is 19.8. The van der Waals surface area contributed by atoms with Crippen LogP contribution in [0.2, 0.25) is 0 Å². The van der Waals surface area contributed by atoms with E-state index in [1.165, 1.54) is 12.1 Å². The van der Waals surface area contributed by atoms with Crippen molar-refractivity contribution in [3.05, 3.63) is 53.8 Å². The van der Waals surface area contributed by atoms with Crippen molar-refractivity contribution >= 4 is 23.3 Å². The van der Waals surface area contributed by atoms with E-state index < -0.39 is 5.60 Å². The van der Waals surface area contributed by atoms with Crippen molar-refractivity contribution in [1.82, 2.24) is 14.8 Å². The Morgan fingerprint density at radius 3 is 2.71 bits per heavy atom. The molecule has 1 aliphatic heterocycles. The molecule has 1 saturated heterocycles. The number of nitrogens with zero attached hydrogens (tertiary/aromatic N) is 3. The lowest BCUT2D eigenvalue weighted by Gasteiger charge is -2.40. The molecular formula is C23H22FN3O4. The van der Waals surface area contributed by atoms with Crippen LogP contribution in [0.5, 0.6) is 0 Å². The smallest absolute Gasteiger partial charge is 0.254 e. The summed E-state index contributed by atoms with van der Waals surface area (Å²) in [6, 6.07) is 11.0. The van der Waals surface area contributed by atoms with Crippen LogP contribution in [-0.2, 0) is 4.79 Å². The molecule has 3 aromatic rings. The summed E-state index contributed by atoms with van der Waals surface area (Å²) in [5, 5.41) is 10.0. The number of aliphatic hydroxyl groups is 1. The molecule has 0 spiro atoms. The van der Waals surface area contributed by atoms with Crippen molar-refractivity contribution in [2.45, 2.75) is 31.0 Å². The molecule has 2 fully saturated rings. The molecular weight excluding hydrogens is 401 g/mol. The van der Waals surface area contributed by atoms with Crippen molar-refractivity contribution < 1.29 is 23.5 Å². The number of benzene rings is 2. The Labute approximate surface area is 178 Å². The van der Waals surface area contributed by atoms with Gasteiger partial charge in [0.2, 0.25) is 5.89 Å². The van der Waals surface area contributed by atoms with Gasteiger partial charge in [-0.1, -0.05) is 0 Å². The number of carbonyl (C=O) groups excluding carboxylic acids is 2. The maximum atomic E-state index is 13.4. The minimum Gasteiger partial charge on any atom is -0.436 e. The van der Waals surface area contributed by atoms with Gasteiger partial charge in [0.05, 0.1) is 0 Å². The second kappa shape index (κ2) is 7.25. The Kier molecular flexibility index (Phi) is 4.64. The fourth-order valence-corrected chi connectivity index (χ4v) is 4.34. The fourth-order valence-electron chi connectivity index (χ4n) is 4.34. The molecule has 5 rings (SSSR count). The SMILES string of the molecule is CC1CN(C2CC2(O)C=O)CCN1C(=O)c1ccc(-c2nc3ccc(F)cc3o2)cc1. The van der Waals surface area contributed by atoms with Gasteiger partial charge in [0.25, 0.3) is 5.91 Å². The first-order chi connectivity index (χ1) is 14.9. The topological polar surface area (TPSA) is 86.9 Å². The van der Waals surface area contributed by atoms with Gasteiger partial charge in [-0.2, -0.15) is 0 Å². The lowest BCUT2D eigenvalue weighted by atomic mass is 10.1. The molecule has 3 atom stereocenters. The minimum atomic E-state index is -1.22. The molecule has 1 aromatic heterocycles. The maximum Gasteiger partial charge on any atom is 0.254 e. The van der Waals surface area contributed by atoms with E-state index in [1.54, 1.807) is 30.3 Å². The van der Waals surface area contributed by atoms with E-state index >= 15 is 0 Å². The Hall–Kier alpha value is -3.10. The van der Waals surface area contributed by atoms with Crippen molar-refractivity contribution in [3.8, 4) is 11.5 Å². The summed E-state index contributed by atoms with van der Waals surface area (Å²) in [5.41, 5.74) is 0.979. The number of halogens is 1. The van der Waals surface area contributed by atoms with Crippen molar-refractivity contribution in [2.24, 2.45) is 0 Å². The van der Waals surface area contributed by atoms with Gasteiger partial charge < -0.3 is 19.2 Å². The Bertz CT molecular complexity index is 1160. The number of aromatic nitrogens is 1. The molecule has 1 amide bonds. The van der Waals surface area contributed by atoms with Crippen LogP contribution in [0, 0.1) is 5.82 Å². The first-order valence-electron chi connectivity index (χ1n) is 10.3. The standard InChI is InChI=1S/C23H22FN3O4/c1-14-12-26(20-11-23(20,30)13-28)8-9-27(14)22(29)16-4-2-15(3-5-16)21-25-18-7-6-17(24)10-19(18)31-21/h2-7,10,13-14,20,30H,8-9,11-12H2,1H3. The maximum absolute atomic E-state index is 13.4. The lowest BCUT2D eigenvalue weighted by molar-refractivity contribution is -0.118. The largest absolute Gasteiger partial charge is 0.436 e. The molecule has 31 heavy (non-hydrogen) atoms. The molecule has 1 saturated carbocycles. The summed E-state index contributed by atoms with van der Waals surface area (Å²) in [6.07, 6.45) is 1.08. The number of aldehydes is 1. The monoisotopic (exact) mass is 423 g/mol. The summed E-state index contributed by atoms with van der Waals surface area (Å²) in [6.45, 7) is 3.74. The van der Waals surface area contributed by atoms with E-state index in [9.17, 15) is 19.1 Å². The predicted molar refractivity (Wildman–Crippen MR) is 111 cm³/mol. The number of rotatable bonds is 4. The fraction of sp³-hybridized carbons (Fsp3) is 0.348. The van der Waals surface area contributed by atoms with E-state index in [4.69, 9.17) is 4.42 Å². The van der Waals surface area contributed by atoms with Crippen LogP contribution in [0.15, 0.2) is 46.9 Å². The molecule has 7 nitrogen and oxygen atoms in total. The molecule has 0 radical (unpaired) electrons. The van der Waals surface area contributed by atoms with Gasteiger partial charge in [0.15, 0.2) is 11.9 Å². The van der Waals surface area contributed by atoms with E-state index in [0.717, 1.165) is 0 Å². The Balaban J connectivity index is 1.28. The highest BCUT2D eigenvalue weighted by molar-refractivity contribution is 5.95. The number of hydrogen-bond donors (Lipinski definition) is 1. The van der Waals surface area contributed by atoms with E-state index in [0.29, 0.717) is 60.5 Å². The zero-order chi connectivity index (χ0) is 21.8. The van der Waals surface area contributed by atoms with Gasteiger partial charge in [0, 0.05) is 55.3 Å². The van der Waals surface area contributed by atoms with Gasteiger partial charge in [-0.25, -0.2) is 9.37 Å². The van der Waals surface area contributed by atoms with Gasteiger partial charge in [-0.15, -0.1) is 0 Å². The van der Waals surface area contributed by atoms with Crippen molar-refractivity contribution in [1.29, 1.82) is 0 Å². The molecule has 2 aromatic carbocycles. The number of oxazole rings is 1. The van der Waals surface area contributed by atoms with Crippen molar-refractivity contribution in [3.63, 3.8) is 0 Å². The third kappa shape index (κ3) is 3.51. The Morgan fingerprint density at radius 2 is 2.03 bits per heavy atom. The second-order valence-corrected chi connectivity index (χ2v) is 8.38. The zero-order valence-electron chi connectivity index (χ0n) is 17.0. The summed E-state index contributed by atoms with van der Waals surface area (Å²) in [7, 11) is 0. The molecule has 3 unspecified atom stereocenters. The number of piperazine rings is 1. The highest BCUT2D eigenvalue weighted by atomic mass is 19.1. The molecule has 1 N–H and O–H groups in total. The van der Waals surface area contributed by atoms with E-state index in [2.05, 4.69) is 9.88 Å². The Morgan fingerprint density at radius 1 is 1.26 bits per heavy atom. The van der Waals surface area contributed by atoms with Crippen LogP contribution in [-0.4, -0.2) is 69.4 Å². The predicted octanol–water partition coefficient (Wildman–Crippen LogP) is 2.48. The molecule has 160 valence electrons. The number of carbonyl (C=O) groups is 2. The van der Waals surface area contributed by atoms with Crippen LogP contribution >= 0.6 is 0 Å². The minimum absolute atomic E-state index is 0.0376. The van der Waals surface area contributed by atoms with Gasteiger partial charge in [0.1, 0.15) is 16.9 Å². The van der Waals surface area contributed by atoms with Crippen molar-refractivity contribution in [2.75, 3.05) is 19.6 Å². The van der Waals surface area contributed by atoms with E-state index in [1.807, 2.05) is 11.8 Å². The van der Waals surface area contributed by atoms with Crippen LogP contribution in [0.25, 0.3) is 22.6 Å². The number of hydrogen-bond acceptors (Lipinski definition) is 6. The summed E-state index contributed by atoms with van der Waals surface area (Å²) in [4.78, 5) is 32.3. The van der Waals surface area contributed by atoms with Crippen LogP contribution in [0.3, 0.4) is 0 Å². The zero-order valence-corrected chi connectivity index (χ0v) is 17.0. The van der Waals surface area contributed by atoms with Gasteiger partial charge >= 0.3 is 0 Å². The molecule has 2 heterocycles. The summed E-state index contributed by atoms with van der Waals surface area (Å²) in [5.74, 6) is -0.0867. The highest BCUT2D eigenvalue weighted by Gasteiger charge is 2.57. The number of fused-ring (bicyclic) bond motifs is 1. The average molecular weight is 423 g/mol. The van der Waals surface area contributed by atoms with Gasteiger partial charge in [-0.05, 0) is 43.3 Å². The third-order valence-electron chi connectivity index (χ3n) is 6.23. The van der Waals surface area contributed by atoms with Crippen LogP contribution < -0.4 is 0 Å². The highest BCUT2D eigenvalue weighted by Crippen LogP contribution is 2.39. The third-order valence-corrected chi connectivity index (χ3v) is 6.23. The number of amides is 1. The first-order valence-corrected chi connectivity index (χ1v) is 10.3. The van der Waals surface area contributed by atoms with E-state index in [-0.39, 0.29) is 23.8 Å². The second-order valence-electron chi connectivity index (χ2n) is 8.38. The van der Waals surface area contributed by atoms with Crippen LogP contribution in [0.4, 0.5) is 4.39 Å². The molecule has 2 aliphatic rings. The van der Waals surface area contributed by atoms with Crippen LogP contribution in [0.1, 0.15) is 23.7 Å². The molecule has 0 bridgehead atoms. The average Bonchev–Trinajstić information content (AvgIpc) is 3.28. The summed E-state index contributed by atoms with van der Waals surface area (Å²) < 4.78 is 19.0. The molecule has 1 aliphatic carbocycles. The normalized spacial score (nSPS) is 26.2. The molecule has 8 heteroatoms.